The van der Waals surface area contributed by atoms with E-state index in [-0.39, 0.29) is 6.10 Å². The lowest BCUT2D eigenvalue weighted by Gasteiger charge is -2.44. The molecule has 1 heterocycles. The summed E-state index contributed by atoms with van der Waals surface area (Å²) in [5.74, 6) is 0.279. The first-order valence-electron chi connectivity index (χ1n) is 7.02. The van der Waals surface area contributed by atoms with Crippen molar-refractivity contribution in [3.05, 3.63) is 23.8 Å². The fourth-order valence-electron chi connectivity index (χ4n) is 2.41. The van der Waals surface area contributed by atoms with Gasteiger partial charge in [-0.3, -0.25) is 0 Å². The van der Waals surface area contributed by atoms with E-state index in [9.17, 15) is 9.90 Å². The quantitative estimate of drug-likeness (QED) is 0.922. The molecule has 0 aromatic heterocycles. The molecule has 110 valence electrons. The average Bonchev–Trinajstić information content (AvgIpc) is 2.36. The van der Waals surface area contributed by atoms with E-state index < -0.39 is 11.5 Å². The summed E-state index contributed by atoms with van der Waals surface area (Å²) in [6.45, 7) is 10.3. The zero-order valence-electron chi connectivity index (χ0n) is 12.8. The number of anilines is 1. The molecule has 4 nitrogen and oxygen atoms in total. The largest absolute Gasteiger partial charge is 0.486 e. The van der Waals surface area contributed by atoms with Gasteiger partial charge in [-0.05, 0) is 44.4 Å². The van der Waals surface area contributed by atoms with Gasteiger partial charge in [0.2, 0.25) is 0 Å². The van der Waals surface area contributed by atoms with Crippen LogP contribution in [-0.2, 0) is 4.79 Å². The van der Waals surface area contributed by atoms with Gasteiger partial charge in [0.05, 0.1) is 12.2 Å². The van der Waals surface area contributed by atoms with Crippen LogP contribution < -0.4 is 9.64 Å². The number of ether oxygens (including phenoxy) is 1. The van der Waals surface area contributed by atoms with Gasteiger partial charge in [0.15, 0.2) is 0 Å². The smallest absolute Gasteiger partial charge is 0.328 e. The Labute approximate surface area is 120 Å². The molecule has 1 atom stereocenters. The van der Waals surface area contributed by atoms with E-state index in [1.54, 1.807) is 13.8 Å². The highest BCUT2D eigenvalue weighted by atomic mass is 16.5. The van der Waals surface area contributed by atoms with Crippen LogP contribution in [0.15, 0.2) is 18.2 Å². The van der Waals surface area contributed by atoms with Gasteiger partial charge in [-0.15, -0.1) is 0 Å². The van der Waals surface area contributed by atoms with Crippen molar-refractivity contribution in [2.24, 2.45) is 5.92 Å². The number of aliphatic carboxylic acids is 1. The first-order valence-corrected chi connectivity index (χ1v) is 7.02. The Balaban J connectivity index is 2.50. The first-order chi connectivity index (χ1) is 9.23. The molecule has 0 bridgehead atoms. The van der Waals surface area contributed by atoms with E-state index in [1.165, 1.54) is 0 Å². The molecule has 1 N–H and O–H groups in total. The number of rotatable bonds is 3. The van der Waals surface area contributed by atoms with E-state index in [0.29, 0.717) is 12.5 Å². The predicted molar refractivity (Wildman–Crippen MR) is 79.5 cm³/mol. The van der Waals surface area contributed by atoms with Crippen molar-refractivity contribution < 1.29 is 14.6 Å². The lowest BCUT2D eigenvalue weighted by Crippen LogP contribution is -2.56. The lowest BCUT2D eigenvalue weighted by atomic mass is 9.96. The Bertz CT molecular complexity index is 522. The summed E-state index contributed by atoms with van der Waals surface area (Å²) in [5.41, 5.74) is 1.01. The molecule has 0 aliphatic carbocycles. The second kappa shape index (κ2) is 5.00. The third-order valence-corrected chi connectivity index (χ3v) is 3.99. The number of hydrogen-bond donors (Lipinski definition) is 1. The first kappa shape index (κ1) is 14.7. The highest BCUT2D eigenvalue weighted by molar-refractivity contribution is 5.84. The molecular weight excluding hydrogens is 254 g/mol. The molecular formula is C16H23NO3. The predicted octanol–water partition coefficient (Wildman–Crippen LogP) is 3.08. The lowest BCUT2D eigenvalue weighted by molar-refractivity contribution is -0.142. The fraction of sp³-hybridized carbons (Fsp3) is 0.562. The minimum atomic E-state index is -0.959. The SMILES string of the molecule is Cc1ccc2c(c1)N(C(C)(C)C(=O)O)CC(C(C)C)O2. The summed E-state index contributed by atoms with van der Waals surface area (Å²) in [6.07, 6.45) is 0.00355. The van der Waals surface area contributed by atoms with E-state index >= 15 is 0 Å². The van der Waals surface area contributed by atoms with Gasteiger partial charge in [-0.2, -0.15) is 0 Å². The topological polar surface area (TPSA) is 49.8 Å². The van der Waals surface area contributed by atoms with Gasteiger partial charge >= 0.3 is 5.97 Å². The molecule has 0 radical (unpaired) electrons. The standard InChI is InChI=1S/C16H23NO3/c1-10(2)14-9-17(16(4,5)15(18)19)12-8-11(3)6-7-13(12)20-14/h6-8,10,14H,9H2,1-5H3,(H,18,19). The van der Waals surface area contributed by atoms with Crippen molar-refractivity contribution in [3.63, 3.8) is 0 Å². The Morgan fingerprint density at radius 3 is 2.65 bits per heavy atom. The molecule has 0 fully saturated rings. The zero-order chi connectivity index (χ0) is 15.1. The number of fused-ring (bicyclic) bond motifs is 1. The number of aryl methyl sites for hydroxylation is 1. The summed E-state index contributed by atoms with van der Waals surface area (Å²) in [6, 6.07) is 5.92. The third kappa shape index (κ3) is 2.47. The number of carbonyl (C=O) groups is 1. The highest BCUT2D eigenvalue weighted by Gasteiger charge is 2.40. The molecule has 2 rings (SSSR count). The minimum absolute atomic E-state index is 0.00355. The minimum Gasteiger partial charge on any atom is -0.486 e. The van der Waals surface area contributed by atoms with Crippen LogP contribution in [0.2, 0.25) is 0 Å². The van der Waals surface area contributed by atoms with Gasteiger partial charge in [0.25, 0.3) is 0 Å². The van der Waals surface area contributed by atoms with Gasteiger partial charge in [-0.25, -0.2) is 4.79 Å². The Hall–Kier alpha value is -1.71. The summed E-state index contributed by atoms with van der Waals surface area (Å²) in [5, 5.41) is 9.53. The number of nitrogens with zero attached hydrogens (tertiary/aromatic N) is 1. The molecule has 20 heavy (non-hydrogen) atoms. The van der Waals surface area contributed by atoms with Crippen LogP contribution in [-0.4, -0.2) is 29.3 Å². The molecule has 0 amide bonds. The van der Waals surface area contributed by atoms with E-state index in [0.717, 1.165) is 17.0 Å². The van der Waals surface area contributed by atoms with Crippen LogP contribution in [0, 0.1) is 12.8 Å². The fourth-order valence-corrected chi connectivity index (χ4v) is 2.41. The van der Waals surface area contributed by atoms with Gasteiger partial charge in [-0.1, -0.05) is 19.9 Å². The van der Waals surface area contributed by atoms with Crippen molar-refractivity contribution in [1.82, 2.24) is 0 Å². The maximum atomic E-state index is 11.6. The van der Waals surface area contributed by atoms with Crippen molar-refractivity contribution in [2.75, 3.05) is 11.4 Å². The second-order valence-electron chi connectivity index (χ2n) is 6.35. The zero-order valence-corrected chi connectivity index (χ0v) is 12.8. The van der Waals surface area contributed by atoms with Crippen LogP contribution in [0.3, 0.4) is 0 Å². The Morgan fingerprint density at radius 2 is 2.10 bits per heavy atom. The molecule has 0 saturated heterocycles. The maximum absolute atomic E-state index is 11.6. The van der Waals surface area contributed by atoms with E-state index in [1.807, 2.05) is 30.0 Å². The summed E-state index contributed by atoms with van der Waals surface area (Å²) >= 11 is 0. The highest BCUT2D eigenvalue weighted by Crippen LogP contribution is 2.39. The maximum Gasteiger partial charge on any atom is 0.328 e. The normalized spacial score (nSPS) is 18.7. The van der Waals surface area contributed by atoms with Crippen LogP contribution in [0.4, 0.5) is 5.69 Å². The van der Waals surface area contributed by atoms with Crippen LogP contribution >= 0.6 is 0 Å². The van der Waals surface area contributed by atoms with Crippen LogP contribution in [0.5, 0.6) is 5.75 Å². The summed E-state index contributed by atoms with van der Waals surface area (Å²) < 4.78 is 6.02. The summed E-state index contributed by atoms with van der Waals surface area (Å²) in [4.78, 5) is 13.6. The van der Waals surface area contributed by atoms with Crippen molar-refractivity contribution in [3.8, 4) is 5.75 Å². The third-order valence-electron chi connectivity index (χ3n) is 3.99. The molecule has 0 saturated carbocycles. The Morgan fingerprint density at radius 1 is 1.45 bits per heavy atom. The monoisotopic (exact) mass is 277 g/mol. The summed E-state index contributed by atoms with van der Waals surface area (Å²) in [7, 11) is 0. The molecule has 1 aromatic carbocycles. The van der Waals surface area contributed by atoms with E-state index in [4.69, 9.17) is 4.74 Å². The molecule has 1 aliphatic rings. The number of carboxylic acid groups (broad SMARTS) is 1. The number of carboxylic acids is 1. The molecule has 0 spiro atoms. The van der Waals surface area contributed by atoms with Crippen molar-refractivity contribution in [1.29, 1.82) is 0 Å². The van der Waals surface area contributed by atoms with Crippen LogP contribution in [0.1, 0.15) is 33.3 Å². The average molecular weight is 277 g/mol. The van der Waals surface area contributed by atoms with Gasteiger partial charge < -0.3 is 14.7 Å². The molecule has 1 unspecified atom stereocenters. The molecule has 4 heteroatoms. The van der Waals surface area contributed by atoms with Gasteiger partial charge in [0.1, 0.15) is 17.4 Å². The Kier molecular flexibility index (Phi) is 3.67. The second-order valence-corrected chi connectivity index (χ2v) is 6.35. The molecule has 1 aromatic rings. The van der Waals surface area contributed by atoms with E-state index in [2.05, 4.69) is 13.8 Å². The van der Waals surface area contributed by atoms with Crippen molar-refractivity contribution >= 4 is 11.7 Å². The van der Waals surface area contributed by atoms with Gasteiger partial charge in [0, 0.05) is 0 Å². The molecule has 1 aliphatic heterocycles. The number of hydrogen-bond acceptors (Lipinski definition) is 3. The van der Waals surface area contributed by atoms with Crippen LogP contribution in [0.25, 0.3) is 0 Å². The van der Waals surface area contributed by atoms with Crippen molar-refractivity contribution in [2.45, 2.75) is 46.3 Å². The number of benzene rings is 1.